The van der Waals surface area contributed by atoms with Gasteiger partial charge in [0.05, 0.1) is 0 Å². The first-order valence-corrected chi connectivity index (χ1v) is 4.30. The van der Waals surface area contributed by atoms with Crippen LogP contribution in [0.3, 0.4) is 0 Å². The Morgan fingerprint density at radius 3 is 2.85 bits per heavy atom. The van der Waals surface area contributed by atoms with Crippen LogP contribution in [0.15, 0.2) is 30.8 Å². The largest absolute Gasteiger partial charge is 0.467 e. The van der Waals surface area contributed by atoms with Crippen LogP contribution in [0.5, 0.6) is 5.75 Å². The predicted molar refractivity (Wildman–Crippen MR) is 53.7 cm³/mol. The van der Waals surface area contributed by atoms with Crippen LogP contribution >= 0.6 is 0 Å². The molecule has 0 aromatic heterocycles. The number of hydrogen-bond acceptors (Lipinski definition) is 2. The molecule has 0 saturated carbocycles. The fourth-order valence-corrected chi connectivity index (χ4v) is 0.969. The maximum Gasteiger partial charge on any atom is 0.189 e. The monoisotopic (exact) mass is 178 g/mol. The smallest absolute Gasteiger partial charge is 0.189 e. The van der Waals surface area contributed by atoms with Crippen LogP contribution in [-0.2, 0) is 4.74 Å². The van der Waals surface area contributed by atoms with Crippen molar-refractivity contribution in [3.8, 4) is 5.75 Å². The summed E-state index contributed by atoms with van der Waals surface area (Å²) < 4.78 is 10.5. The first-order valence-electron chi connectivity index (χ1n) is 4.30. The van der Waals surface area contributed by atoms with E-state index in [1.165, 1.54) is 0 Å². The maximum atomic E-state index is 5.37. The summed E-state index contributed by atoms with van der Waals surface area (Å²) in [6.45, 7) is 6.59. The zero-order chi connectivity index (χ0) is 9.52. The van der Waals surface area contributed by atoms with Crippen molar-refractivity contribution in [3.63, 3.8) is 0 Å². The van der Waals surface area contributed by atoms with Gasteiger partial charge in [-0.1, -0.05) is 30.9 Å². The van der Waals surface area contributed by atoms with Gasteiger partial charge in [-0.25, -0.2) is 0 Å². The zero-order valence-electron chi connectivity index (χ0n) is 7.82. The van der Waals surface area contributed by atoms with Crippen LogP contribution in [0.4, 0.5) is 0 Å². The van der Waals surface area contributed by atoms with E-state index in [0.717, 1.165) is 11.3 Å². The first-order chi connectivity index (χ1) is 6.38. The standard InChI is InChI=1S/C11H14O2/c1-3-10-7-5-6-8-11(10)13-9-12-4-2/h3,5-8H,1,4,9H2,2H3. The van der Waals surface area contributed by atoms with Gasteiger partial charge in [-0.2, -0.15) is 0 Å². The van der Waals surface area contributed by atoms with Crippen molar-refractivity contribution in [1.82, 2.24) is 0 Å². The minimum absolute atomic E-state index is 0.293. The second kappa shape index (κ2) is 5.38. The molecule has 0 fully saturated rings. The first kappa shape index (κ1) is 9.81. The predicted octanol–water partition coefficient (Wildman–Crippen LogP) is 2.70. The summed E-state index contributed by atoms with van der Waals surface area (Å²) in [7, 11) is 0. The molecular weight excluding hydrogens is 164 g/mol. The third-order valence-electron chi connectivity index (χ3n) is 1.64. The summed E-state index contributed by atoms with van der Waals surface area (Å²) >= 11 is 0. The summed E-state index contributed by atoms with van der Waals surface area (Å²) in [5.74, 6) is 0.811. The molecule has 0 bridgehead atoms. The number of ether oxygens (including phenoxy) is 2. The lowest BCUT2D eigenvalue weighted by molar-refractivity contribution is 0.0223. The van der Waals surface area contributed by atoms with Crippen molar-refractivity contribution < 1.29 is 9.47 Å². The summed E-state index contributed by atoms with van der Waals surface area (Å²) in [4.78, 5) is 0. The Morgan fingerprint density at radius 2 is 2.15 bits per heavy atom. The topological polar surface area (TPSA) is 18.5 Å². The van der Waals surface area contributed by atoms with Crippen LogP contribution in [0.1, 0.15) is 12.5 Å². The molecule has 0 N–H and O–H groups in total. The molecule has 0 amide bonds. The lowest BCUT2D eigenvalue weighted by atomic mass is 10.2. The van der Waals surface area contributed by atoms with Gasteiger partial charge in [0.25, 0.3) is 0 Å². The van der Waals surface area contributed by atoms with Crippen LogP contribution in [-0.4, -0.2) is 13.4 Å². The van der Waals surface area contributed by atoms with Gasteiger partial charge >= 0.3 is 0 Å². The Labute approximate surface area is 78.8 Å². The van der Waals surface area contributed by atoms with Crippen molar-refractivity contribution in [2.45, 2.75) is 6.92 Å². The van der Waals surface area contributed by atoms with Gasteiger partial charge in [0.2, 0.25) is 0 Å². The number of hydrogen-bond donors (Lipinski definition) is 0. The van der Waals surface area contributed by atoms with E-state index in [9.17, 15) is 0 Å². The molecule has 1 aromatic rings. The van der Waals surface area contributed by atoms with Crippen LogP contribution in [0, 0.1) is 0 Å². The normalized spacial score (nSPS) is 9.62. The zero-order valence-corrected chi connectivity index (χ0v) is 7.82. The van der Waals surface area contributed by atoms with Crippen molar-refractivity contribution in [2.75, 3.05) is 13.4 Å². The SMILES string of the molecule is C=Cc1ccccc1OCOCC. The molecule has 1 aromatic carbocycles. The van der Waals surface area contributed by atoms with E-state index in [0.29, 0.717) is 13.4 Å². The van der Waals surface area contributed by atoms with Gasteiger partial charge in [-0.05, 0) is 13.0 Å². The third kappa shape index (κ3) is 2.92. The van der Waals surface area contributed by atoms with E-state index in [4.69, 9.17) is 9.47 Å². The maximum absolute atomic E-state index is 5.37. The summed E-state index contributed by atoms with van der Waals surface area (Å²) in [6.07, 6.45) is 1.77. The summed E-state index contributed by atoms with van der Waals surface area (Å²) in [5.41, 5.74) is 0.988. The lowest BCUT2D eigenvalue weighted by Crippen LogP contribution is -2.02. The van der Waals surface area contributed by atoms with E-state index < -0.39 is 0 Å². The summed E-state index contributed by atoms with van der Waals surface area (Å²) in [6, 6.07) is 7.73. The molecule has 2 nitrogen and oxygen atoms in total. The van der Waals surface area contributed by atoms with Crippen LogP contribution < -0.4 is 4.74 Å². The molecule has 0 aliphatic heterocycles. The molecule has 0 radical (unpaired) electrons. The molecule has 0 heterocycles. The average molecular weight is 178 g/mol. The molecule has 0 spiro atoms. The van der Waals surface area contributed by atoms with E-state index >= 15 is 0 Å². The van der Waals surface area contributed by atoms with Crippen molar-refractivity contribution >= 4 is 6.08 Å². The third-order valence-corrected chi connectivity index (χ3v) is 1.64. The molecule has 1 rings (SSSR count). The molecular formula is C11H14O2. The van der Waals surface area contributed by atoms with Gasteiger partial charge < -0.3 is 9.47 Å². The molecule has 2 heteroatoms. The van der Waals surface area contributed by atoms with E-state index in [1.807, 2.05) is 31.2 Å². The molecule has 13 heavy (non-hydrogen) atoms. The highest BCUT2D eigenvalue weighted by Gasteiger charge is 1.97. The van der Waals surface area contributed by atoms with Crippen molar-refractivity contribution in [3.05, 3.63) is 36.4 Å². The number of para-hydroxylation sites is 1. The Bertz CT molecular complexity index is 269. The minimum atomic E-state index is 0.293. The summed E-state index contributed by atoms with van der Waals surface area (Å²) in [5, 5.41) is 0. The lowest BCUT2D eigenvalue weighted by Gasteiger charge is -2.07. The van der Waals surface area contributed by atoms with Crippen molar-refractivity contribution in [1.29, 1.82) is 0 Å². The molecule has 0 atom stereocenters. The molecule has 0 unspecified atom stereocenters. The van der Waals surface area contributed by atoms with Gasteiger partial charge in [0, 0.05) is 12.2 Å². The Kier molecular flexibility index (Phi) is 4.06. The van der Waals surface area contributed by atoms with Gasteiger partial charge in [-0.3, -0.25) is 0 Å². The van der Waals surface area contributed by atoms with Crippen LogP contribution in [0.2, 0.25) is 0 Å². The highest BCUT2D eigenvalue weighted by atomic mass is 16.7. The fraction of sp³-hybridized carbons (Fsp3) is 0.273. The second-order valence-corrected chi connectivity index (χ2v) is 2.50. The number of benzene rings is 1. The van der Waals surface area contributed by atoms with Crippen LogP contribution in [0.25, 0.3) is 6.08 Å². The molecule has 0 aliphatic rings. The molecule has 0 aliphatic carbocycles. The fourth-order valence-electron chi connectivity index (χ4n) is 0.969. The van der Waals surface area contributed by atoms with E-state index in [2.05, 4.69) is 6.58 Å². The molecule has 70 valence electrons. The highest BCUT2D eigenvalue weighted by Crippen LogP contribution is 2.18. The van der Waals surface area contributed by atoms with Gasteiger partial charge in [0.1, 0.15) is 5.75 Å². The van der Waals surface area contributed by atoms with E-state index in [1.54, 1.807) is 6.08 Å². The Morgan fingerprint density at radius 1 is 1.38 bits per heavy atom. The minimum Gasteiger partial charge on any atom is -0.467 e. The number of rotatable bonds is 5. The highest BCUT2D eigenvalue weighted by molar-refractivity contribution is 5.55. The van der Waals surface area contributed by atoms with Gasteiger partial charge in [-0.15, -0.1) is 0 Å². The average Bonchev–Trinajstić information content (AvgIpc) is 2.19. The van der Waals surface area contributed by atoms with Crippen molar-refractivity contribution in [2.24, 2.45) is 0 Å². The van der Waals surface area contributed by atoms with E-state index in [-0.39, 0.29) is 0 Å². The van der Waals surface area contributed by atoms with Gasteiger partial charge in [0.15, 0.2) is 6.79 Å². The Balaban J connectivity index is 2.59. The Hall–Kier alpha value is -1.28. The second-order valence-electron chi connectivity index (χ2n) is 2.50. The quantitative estimate of drug-likeness (QED) is 0.510. The molecule has 0 saturated heterocycles.